The summed E-state index contributed by atoms with van der Waals surface area (Å²) < 4.78 is 20.7. The van der Waals surface area contributed by atoms with Crippen molar-refractivity contribution in [1.82, 2.24) is 25.1 Å². The molecule has 5 rings (SSSR count). The fraction of sp³-hybridized carbons (Fsp3) is 0.481. The summed E-state index contributed by atoms with van der Waals surface area (Å²) >= 11 is 0. The molecule has 0 amide bonds. The molecule has 0 spiro atoms. The van der Waals surface area contributed by atoms with Crippen LogP contribution in [0.25, 0.3) is 0 Å². The van der Waals surface area contributed by atoms with Crippen LogP contribution in [0.4, 0.5) is 23.1 Å². The summed E-state index contributed by atoms with van der Waals surface area (Å²) in [4.78, 5) is 9.00. The summed E-state index contributed by atoms with van der Waals surface area (Å²) in [6.45, 7) is 7.95. The smallest absolute Gasteiger partial charge is 0.229 e. The lowest BCUT2D eigenvalue weighted by Crippen LogP contribution is -2.27. The van der Waals surface area contributed by atoms with Gasteiger partial charge in [-0.2, -0.15) is 15.3 Å². The van der Waals surface area contributed by atoms with Crippen molar-refractivity contribution in [2.45, 2.75) is 68.8 Å². The number of nitrogens with zero attached hydrogens (tertiary/aromatic N) is 5. The van der Waals surface area contributed by atoms with E-state index in [0.717, 1.165) is 50.2 Å². The molecule has 1 unspecified atom stereocenters. The molecule has 3 heterocycles. The number of anilines is 4. The van der Waals surface area contributed by atoms with Crippen LogP contribution in [0.1, 0.15) is 62.1 Å². The predicted octanol–water partition coefficient (Wildman–Crippen LogP) is 4.40. The highest BCUT2D eigenvalue weighted by atomic mass is 32.2. The molecular weight excluding hydrogens is 500 g/mol. The molecule has 0 radical (unpaired) electrons. The first-order valence-electron chi connectivity index (χ1n) is 13.1. The molecule has 3 N–H and O–H groups in total. The number of nitrogens with one attached hydrogen (secondary N) is 3. The standard InChI is InChI=1S/C27H34N8O2S/c1-16(2)38(36)26-23(15-35(4)34-26)31-25-19(13-28)14-30-27(33-25)32-22-11-17(3)21(18-7-9-29-10-8-18)12-24(22)37-20-5-6-20/h11-12,14-16,18,20,29H,5-10H2,1-4H3,(H2,30,31,32,33). The van der Waals surface area contributed by atoms with Gasteiger partial charge in [-0.1, -0.05) is 13.8 Å². The Labute approximate surface area is 225 Å². The number of aromatic nitrogens is 4. The Bertz CT molecular complexity index is 1390. The van der Waals surface area contributed by atoms with Crippen LogP contribution in [0, 0.1) is 18.3 Å². The first-order valence-corrected chi connectivity index (χ1v) is 14.3. The molecule has 1 atom stereocenters. The number of rotatable bonds is 9. The van der Waals surface area contributed by atoms with E-state index in [2.05, 4.69) is 56.1 Å². The van der Waals surface area contributed by atoms with Gasteiger partial charge in [0.25, 0.3) is 0 Å². The molecule has 2 aliphatic rings. The van der Waals surface area contributed by atoms with E-state index in [1.54, 1.807) is 17.9 Å². The van der Waals surface area contributed by atoms with Crippen molar-refractivity contribution in [3.05, 3.63) is 41.2 Å². The van der Waals surface area contributed by atoms with Crippen LogP contribution in [0.2, 0.25) is 0 Å². The summed E-state index contributed by atoms with van der Waals surface area (Å²) in [7, 11) is 0.453. The number of nitriles is 1. The van der Waals surface area contributed by atoms with Gasteiger partial charge in [0.1, 0.15) is 17.4 Å². The van der Waals surface area contributed by atoms with Crippen molar-refractivity contribution in [3.63, 3.8) is 0 Å². The monoisotopic (exact) mass is 534 g/mol. The summed E-state index contributed by atoms with van der Waals surface area (Å²) in [6, 6.07) is 6.42. The summed E-state index contributed by atoms with van der Waals surface area (Å²) in [6.07, 6.45) is 7.79. The third-order valence-corrected chi connectivity index (χ3v) is 8.33. The van der Waals surface area contributed by atoms with Crippen LogP contribution >= 0.6 is 0 Å². The maximum Gasteiger partial charge on any atom is 0.229 e. The average molecular weight is 535 g/mol. The second-order valence-electron chi connectivity index (χ2n) is 10.2. The Hall–Kier alpha value is -3.49. The van der Waals surface area contributed by atoms with Crippen molar-refractivity contribution < 1.29 is 8.95 Å². The van der Waals surface area contributed by atoms with Crippen LogP contribution in [0.15, 0.2) is 29.6 Å². The minimum absolute atomic E-state index is 0.107. The molecule has 1 aliphatic carbocycles. The molecule has 1 saturated carbocycles. The zero-order valence-electron chi connectivity index (χ0n) is 22.2. The Morgan fingerprint density at radius 1 is 1.18 bits per heavy atom. The van der Waals surface area contributed by atoms with Crippen molar-refractivity contribution >= 4 is 33.9 Å². The third kappa shape index (κ3) is 5.81. The van der Waals surface area contributed by atoms with Crippen molar-refractivity contribution in [3.8, 4) is 11.8 Å². The third-order valence-electron chi connectivity index (χ3n) is 6.79. The SMILES string of the molecule is Cc1cc(Nc2ncc(C#N)c(Nc3cn(C)nc3S(=O)C(C)C)n2)c(OC2CC2)cc1C1CCNCC1. The highest BCUT2D eigenvalue weighted by molar-refractivity contribution is 7.85. The minimum Gasteiger partial charge on any atom is -0.488 e. The maximum atomic E-state index is 12.8. The van der Waals surface area contributed by atoms with Crippen molar-refractivity contribution in [2.24, 2.45) is 7.05 Å². The number of ether oxygens (including phenoxy) is 1. The molecule has 1 saturated heterocycles. The highest BCUT2D eigenvalue weighted by Crippen LogP contribution is 2.39. The first kappa shape index (κ1) is 26.1. The van der Waals surface area contributed by atoms with Gasteiger partial charge in [0, 0.05) is 18.5 Å². The zero-order valence-corrected chi connectivity index (χ0v) is 23.1. The van der Waals surface area contributed by atoms with Gasteiger partial charge < -0.3 is 20.7 Å². The first-order chi connectivity index (χ1) is 18.3. The van der Waals surface area contributed by atoms with E-state index >= 15 is 0 Å². The van der Waals surface area contributed by atoms with Crippen LogP contribution in [0.3, 0.4) is 0 Å². The number of hydrogen-bond acceptors (Lipinski definition) is 9. The number of aryl methyl sites for hydroxylation is 2. The maximum absolute atomic E-state index is 12.8. The van der Waals surface area contributed by atoms with E-state index in [4.69, 9.17) is 4.74 Å². The van der Waals surface area contributed by atoms with Crippen LogP contribution < -0.4 is 20.7 Å². The van der Waals surface area contributed by atoms with Crippen LogP contribution in [0.5, 0.6) is 5.75 Å². The second kappa shape index (κ2) is 11.1. The molecule has 2 aromatic heterocycles. The van der Waals surface area contributed by atoms with Crippen LogP contribution in [-0.4, -0.2) is 48.4 Å². The number of piperidine rings is 1. The van der Waals surface area contributed by atoms with Gasteiger partial charge in [-0.15, -0.1) is 0 Å². The number of hydrogen-bond donors (Lipinski definition) is 3. The van der Waals surface area contributed by atoms with Gasteiger partial charge in [-0.05, 0) is 74.9 Å². The molecule has 38 heavy (non-hydrogen) atoms. The van der Waals surface area contributed by atoms with Gasteiger partial charge in [0.15, 0.2) is 10.8 Å². The zero-order chi connectivity index (χ0) is 26.8. The summed E-state index contributed by atoms with van der Waals surface area (Å²) in [5.74, 6) is 1.96. The quantitative estimate of drug-likeness (QED) is 0.366. The lowest BCUT2D eigenvalue weighted by atomic mass is 9.87. The Kier molecular flexibility index (Phi) is 7.63. The molecule has 1 aromatic carbocycles. The van der Waals surface area contributed by atoms with E-state index in [1.165, 1.54) is 17.3 Å². The Balaban J connectivity index is 1.45. The lowest BCUT2D eigenvalue weighted by Gasteiger charge is -2.26. The fourth-order valence-corrected chi connectivity index (χ4v) is 5.61. The predicted molar refractivity (Wildman–Crippen MR) is 148 cm³/mol. The highest BCUT2D eigenvalue weighted by Gasteiger charge is 2.27. The molecule has 10 nitrogen and oxygen atoms in total. The van der Waals surface area contributed by atoms with Gasteiger partial charge in [-0.3, -0.25) is 8.89 Å². The molecule has 11 heteroatoms. The summed E-state index contributed by atoms with van der Waals surface area (Å²) in [5.41, 5.74) is 4.14. The normalized spacial score (nSPS) is 16.7. The Morgan fingerprint density at radius 2 is 1.95 bits per heavy atom. The minimum atomic E-state index is -1.31. The van der Waals surface area contributed by atoms with E-state index in [-0.39, 0.29) is 16.9 Å². The molecule has 2 fully saturated rings. The van der Waals surface area contributed by atoms with E-state index in [1.807, 2.05) is 13.8 Å². The van der Waals surface area contributed by atoms with Crippen molar-refractivity contribution in [2.75, 3.05) is 23.7 Å². The molecule has 200 valence electrons. The van der Waals surface area contributed by atoms with Crippen molar-refractivity contribution in [1.29, 1.82) is 5.26 Å². The van der Waals surface area contributed by atoms with E-state index in [9.17, 15) is 9.47 Å². The van der Waals surface area contributed by atoms with Gasteiger partial charge in [0.2, 0.25) is 5.95 Å². The van der Waals surface area contributed by atoms with Crippen LogP contribution in [-0.2, 0) is 17.8 Å². The largest absolute Gasteiger partial charge is 0.488 e. The lowest BCUT2D eigenvalue weighted by molar-refractivity contribution is 0.304. The fourth-order valence-electron chi connectivity index (χ4n) is 4.63. The van der Waals surface area contributed by atoms with Gasteiger partial charge in [-0.25, -0.2) is 4.98 Å². The average Bonchev–Trinajstić information content (AvgIpc) is 3.65. The summed E-state index contributed by atoms with van der Waals surface area (Å²) in [5, 5.41) is 24.3. The molecule has 1 aliphatic heterocycles. The molecule has 0 bridgehead atoms. The number of benzene rings is 1. The molecular formula is C27H34N8O2S. The second-order valence-corrected chi connectivity index (χ2v) is 12.2. The van der Waals surface area contributed by atoms with E-state index < -0.39 is 10.8 Å². The van der Waals surface area contributed by atoms with Gasteiger partial charge >= 0.3 is 0 Å². The van der Waals surface area contributed by atoms with Gasteiger partial charge in [0.05, 0.1) is 34.5 Å². The Morgan fingerprint density at radius 3 is 2.63 bits per heavy atom. The van der Waals surface area contributed by atoms with E-state index in [0.29, 0.717) is 28.4 Å². The topological polar surface area (TPSA) is 130 Å². The molecule has 3 aromatic rings.